The van der Waals surface area contributed by atoms with Crippen LogP contribution in [-0.2, 0) is 16.8 Å². The van der Waals surface area contributed by atoms with Crippen molar-refractivity contribution < 1.29 is 9.90 Å². The molecule has 4 nitrogen and oxygen atoms in total. The summed E-state index contributed by atoms with van der Waals surface area (Å²) in [6, 6.07) is 29.6. The van der Waals surface area contributed by atoms with Gasteiger partial charge in [0.15, 0.2) is 0 Å². The molecule has 3 aromatic rings. The zero-order valence-corrected chi connectivity index (χ0v) is 19.3. The van der Waals surface area contributed by atoms with Gasteiger partial charge in [0.1, 0.15) is 5.41 Å². The highest BCUT2D eigenvalue weighted by atomic mass is 16.3. The minimum Gasteiger partial charge on any atom is -0.387 e. The van der Waals surface area contributed by atoms with Gasteiger partial charge in [-0.1, -0.05) is 97.9 Å². The topological polar surface area (TPSA) is 43.8 Å². The number of aliphatic hydroxyl groups is 1. The summed E-state index contributed by atoms with van der Waals surface area (Å²) in [5.41, 5.74) is 1.74. The number of hydrogen-bond donors (Lipinski definition) is 1. The minimum absolute atomic E-state index is 0.0872. The van der Waals surface area contributed by atoms with Gasteiger partial charge in [-0.25, -0.2) is 0 Å². The largest absolute Gasteiger partial charge is 0.387 e. The van der Waals surface area contributed by atoms with Crippen LogP contribution in [0.2, 0.25) is 0 Å². The van der Waals surface area contributed by atoms with Crippen molar-refractivity contribution in [3.8, 4) is 0 Å². The molecule has 0 saturated carbocycles. The van der Waals surface area contributed by atoms with Crippen LogP contribution in [0, 0.1) is 0 Å². The maximum absolute atomic E-state index is 13.8. The molecule has 2 unspecified atom stereocenters. The summed E-state index contributed by atoms with van der Waals surface area (Å²) in [5, 5.41) is 11.7. The zero-order valence-electron chi connectivity index (χ0n) is 19.3. The summed E-state index contributed by atoms with van der Waals surface area (Å²) < 4.78 is 0. The predicted octanol–water partition coefficient (Wildman–Crippen LogP) is 4.66. The molecule has 1 N–H and O–H groups in total. The van der Waals surface area contributed by atoms with Crippen molar-refractivity contribution in [1.82, 2.24) is 9.80 Å². The van der Waals surface area contributed by atoms with E-state index >= 15 is 0 Å². The van der Waals surface area contributed by atoms with E-state index in [0.717, 1.165) is 24.2 Å². The van der Waals surface area contributed by atoms with Crippen LogP contribution < -0.4 is 0 Å². The Morgan fingerprint density at radius 1 is 0.875 bits per heavy atom. The van der Waals surface area contributed by atoms with Crippen LogP contribution in [0.25, 0.3) is 0 Å². The highest BCUT2D eigenvalue weighted by Crippen LogP contribution is 2.42. The van der Waals surface area contributed by atoms with Crippen molar-refractivity contribution in [2.24, 2.45) is 0 Å². The smallest absolute Gasteiger partial charge is 0.235 e. The van der Waals surface area contributed by atoms with Gasteiger partial charge in [0, 0.05) is 20.6 Å². The second kappa shape index (κ2) is 11.1. The van der Waals surface area contributed by atoms with E-state index in [9.17, 15) is 9.90 Å². The first kappa shape index (κ1) is 23.7. The van der Waals surface area contributed by atoms with Gasteiger partial charge in [-0.3, -0.25) is 9.69 Å². The summed E-state index contributed by atoms with van der Waals surface area (Å²) >= 11 is 0. The number of nitrogens with zero attached hydrogens (tertiary/aromatic N) is 2. The molecule has 0 fully saturated rings. The van der Waals surface area contributed by atoms with Gasteiger partial charge in [-0.2, -0.15) is 0 Å². The molecule has 0 aliphatic rings. The van der Waals surface area contributed by atoms with Crippen LogP contribution >= 0.6 is 0 Å². The Bertz CT molecular complexity index is 960. The van der Waals surface area contributed by atoms with Gasteiger partial charge < -0.3 is 10.0 Å². The Morgan fingerprint density at radius 2 is 1.41 bits per heavy atom. The second-order valence-electron chi connectivity index (χ2n) is 8.45. The fraction of sp³-hybridized carbons (Fsp3) is 0.321. The molecule has 2 atom stereocenters. The van der Waals surface area contributed by atoms with Gasteiger partial charge in [0.05, 0.1) is 6.10 Å². The second-order valence-corrected chi connectivity index (χ2v) is 8.45. The lowest BCUT2D eigenvalue weighted by Crippen LogP contribution is -2.50. The first-order valence-electron chi connectivity index (χ1n) is 11.3. The van der Waals surface area contributed by atoms with Gasteiger partial charge in [-0.15, -0.1) is 0 Å². The van der Waals surface area contributed by atoms with Gasteiger partial charge in [0.25, 0.3) is 0 Å². The van der Waals surface area contributed by atoms with E-state index < -0.39 is 11.5 Å². The van der Waals surface area contributed by atoms with Crippen LogP contribution in [0.3, 0.4) is 0 Å². The third-order valence-corrected chi connectivity index (χ3v) is 6.18. The van der Waals surface area contributed by atoms with E-state index in [1.54, 1.807) is 19.0 Å². The lowest BCUT2D eigenvalue weighted by atomic mass is 9.69. The molecule has 0 radical (unpaired) electrons. The van der Waals surface area contributed by atoms with Gasteiger partial charge in [0.2, 0.25) is 5.91 Å². The predicted molar refractivity (Wildman–Crippen MR) is 130 cm³/mol. The molecule has 0 aliphatic heterocycles. The number of amides is 1. The first-order valence-corrected chi connectivity index (χ1v) is 11.3. The van der Waals surface area contributed by atoms with Crippen LogP contribution in [0.4, 0.5) is 0 Å². The normalized spacial score (nSPS) is 14.0. The summed E-state index contributed by atoms with van der Waals surface area (Å²) in [5.74, 6) is -0.0872. The van der Waals surface area contributed by atoms with Crippen LogP contribution in [-0.4, -0.2) is 48.0 Å². The van der Waals surface area contributed by atoms with Gasteiger partial charge >= 0.3 is 0 Å². The SMILES string of the molecule is CCN(CCC(C(=O)N(C)C)(c1ccccc1)C(O)c1ccccc1)Cc1ccccc1. The fourth-order valence-electron chi connectivity index (χ4n) is 4.37. The fourth-order valence-corrected chi connectivity index (χ4v) is 4.37. The molecule has 0 bridgehead atoms. The highest BCUT2D eigenvalue weighted by molar-refractivity contribution is 5.89. The van der Waals surface area contributed by atoms with Crippen LogP contribution in [0.5, 0.6) is 0 Å². The Kier molecular flexibility index (Phi) is 8.20. The van der Waals surface area contributed by atoms with Crippen molar-refractivity contribution in [1.29, 1.82) is 0 Å². The van der Waals surface area contributed by atoms with Crippen molar-refractivity contribution in [2.75, 3.05) is 27.2 Å². The molecule has 4 heteroatoms. The number of hydrogen-bond acceptors (Lipinski definition) is 3. The molecule has 3 aromatic carbocycles. The Morgan fingerprint density at radius 3 is 1.94 bits per heavy atom. The van der Waals surface area contributed by atoms with Crippen molar-refractivity contribution in [3.05, 3.63) is 108 Å². The number of carbonyl (C=O) groups is 1. The number of benzene rings is 3. The quantitative estimate of drug-likeness (QED) is 0.509. The molecular weight excluding hydrogens is 396 g/mol. The van der Waals surface area contributed by atoms with Crippen LogP contribution in [0.1, 0.15) is 36.1 Å². The van der Waals surface area contributed by atoms with E-state index in [1.165, 1.54) is 5.56 Å². The first-order chi connectivity index (χ1) is 15.5. The number of rotatable bonds is 10. The minimum atomic E-state index is -1.09. The zero-order chi connectivity index (χ0) is 23.0. The lowest BCUT2D eigenvalue weighted by Gasteiger charge is -2.40. The van der Waals surface area contributed by atoms with Gasteiger partial charge in [-0.05, 0) is 36.2 Å². The van der Waals surface area contributed by atoms with E-state index in [1.807, 2.05) is 78.9 Å². The van der Waals surface area contributed by atoms with Crippen LogP contribution in [0.15, 0.2) is 91.0 Å². The maximum atomic E-state index is 13.8. The third-order valence-electron chi connectivity index (χ3n) is 6.18. The molecule has 0 saturated heterocycles. The molecule has 0 spiro atoms. The molecule has 0 aromatic heterocycles. The summed E-state index contributed by atoms with van der Waals surface area (Å²) in [4.78, 5) is 17.7. The summed E-state index contributed by atoms with van der Waals surface area (Å²) in [6.07, 6.45) is -0.457. The third kappa shape index (κ3) is 5.26. The average molecular weight is 431 g/mol. The summed E-state index contributed by atoms with van der Waals surface area (Å²) in [7, 11) is 3.53. The van der Waals surface area contributed by atoms with Crippen molar-refractivity contribution in [2.45, 2.75) is 31.4 Å². The van der Waals surface area contributed by atoms with Crippen molar-refractivity contribution >= 4 is 5.91 Å². The maximum Gasteiger partial charge on any atom is 0.235 e. The summed E-state index contributed by atoms with van der Waals surface area (Å²) in [6.45, 7) is 4.48. The van der Waals surface area contributed by atoms with E-state index in [0.29, 0.717) is 13.0 Å². The Balaban J connectivity index is 2.01. The Labute approximate surface area is 192 Å². The van der Waals surface area contributed by atoms with E-state index in [-0.39, 0.29) is 5.91 Å². The highest BCUT2D eigenvalue weighted by Gasteiger charge is 2.48. The van der Waals surface area contributed by atoms with E-state index in [4.69, 9.17) is 0 Å². The average Bonchev–Trinajstić information content (AvgIpc) is 2.85. The molecule has 1 amide bonds. The van der Waals surface area contributed by atoms with E-state index in [2.05, 4.69) is 24.0 Å². The molecule has 0 heterocycles. The number of likely N-dealkylation sites (N-methyl/N-ethyl adjacent to an activating group) is 1. The number of carbonyl (C=O) groups excluding carboxylic acids is 1. The lowest BCUT2D eigenvalue weighted by molar-refractivity contribution is -0.140. The molecule has 0 aliphatic carbocycles. The molecule has 32 heavy (non-hydrogen) atoms. The monoisotopic (exact) mass is 430 g/mol. The Hall–Kier alpha value is -2.95. The molecule has 3 rings (SSSR count). The molecule has 168 valence electrons. The standard InChI is InChI=1S/C28H34N2O2/c1-4-30(22-23-14-8-5-9-15-23)21-20-28(27(32)29(2)3,25-18-12-7-13-19-25)26(31)24-16-10-6-11-17-24/h5-19,26,31H,4,20-22H2,1-3H3. The number of aliphatic hydroxyl groups excluding tert-OH is 1. The molecular formula is C28H34N2O2. The van der Waals surface area contributed by atoms with Crippen molar-refractivity contribution in [3.63, 3.8) is 0 Å².